The number of carbonyl (C=O) groups excluding carboxylic acids is 2. The molecule has 5 heteroatoms. The fraction of sp³-hybridized carbons (Fsp3) is 0.263. The lowest BCUT2D eigenvalue weighted by Gasteiger charge is -2.20. The zero-order chi connectivity index (χ0) is 17.4. The van der Waals surface area contributed by atoms with E-state index in [-0.39, 0.29) is 30.8 Å². The Bertz CT molecular complexity index is 659. The van der Waals surface area contributed by atoms with E-state index in [0.717, 1.165) is 11.1 Å². The van der Waals surface area contributed by atoms with Gasteiger partial charge in [-0.05, 0) is 11.1 Å². The summed E-state index contributed by atoms with van der Waals surface area (Å²) in [5.74, 6) is -0.583. The topological polar surface area (TPSA) is 81.4 Å². The first-order valence-corrected chi connectivity index (χ1v) is 7.81. The summed E-state index contributed by atoms with van der Waals surface area (Å²) in [6.45, 7) is 0. The number of rotatable bonds is 7. The molecular weight excluding hydrogens is 304 g/mol. The predicted molar refractivity (Wildman–Crippen MR) is 91.9 cm³/mol. The lowest BCUT2D eigenvalue weighted by Crippen LogP contribution is -2.32. The summed E-state index contributed by atoms with van der Waals surface area (Å²) in [7, 11) is 1.33. The van der Waals surface area contributed by atoms with E-state index < -0.39 is 6.04 Å². The molecule has 2 rings (SSSR count). The highest BCUT2D eigenvalue weighted by Gasteiger charge is 2.20. The molecule has 2 atom stereocenters. The Morgan fingerprint density at radius 2 is 1.50 bits per heavy atom. The van der Waals surface area contributed by atoms with Gasteiger partial charge in [0.15, 0.2) is 0 Å². The molecule has 0 aliphatic rings. The zero-order valence-electron chi connectivity index (χ0n) is 13.6. The molecule has 0 saturated heterocycles. The average Bonchev–Trinajstić information content (AvgIpc) is 2.62. The van der Waals surface area contributed by atoms with Gasteiger partial charge in [-0.2, -0.15) is 0 Å². The molecule has 126 valence electrons. The molecule has 1 amide bonds. The Balaban J connectivity index is 2.03. The highest BCUT2D eigenvalue weighted by atomic mass is 16.5. The molecule has 2 aromatic carbocycles. The molecule has 5 nitrogen and oxygen atoms in total. The lowest BCUT2D eigenvalue weighted by molar-refractivity contribution is -0.141. The second-order valence-corrected chi connectivity index (χ2v) is 5.53. The minimum Gasteiger partial charge on any atom is -0.469 e. The molecule has 0 bridgehead atoms. The van der Waals surface area contributed by atoms with Crippen molar-refractivity contribution in [2.24, 2.45) is 5.73 Å². The van der Waals surface area contributed by atoms with Crippen LogP contribution in [-0.2, 0) is 14.3 Å². The van der Waals surface area contributed by atoms with Gasteiger partial charge in [0.05, 0.1) is 19.6 Å². The van der Waals surface area contributed by atoms with Crippen LogP contribution in [0.2, 0.25) is 0 Å². The van der Waals surface area contributed by atoms with E-state index in [2.05, 4.69) is 5.32 Å². The SMILES string of the molecule is COC(=O)CC(NC(=O)CC(N)c1ccccc1)c1ccccc1. The number of benzene rings is 2. The standard InChI is InChI=1S/C19H22N2O3/c1-24-19(23)13-17(15-10-6-3-7-11-15)21-18(22)12-16(20)14-8-4-2-5-9-14/h2-11,16-17H,12-13,20H2,1H3,(H,21,22). The Labute approximate surface area is 141 Å². The van der Waals surface area contributed by atoms with Gasteiger partial charge < -0.3 is 15.8 Å². The number of esters is 1. The van der Waals surface area contributed by atoms with Crippen LogP contribution in [0.4, 0.5) is 0 Å². The number of carbonyl (C=O) groups is 2. The Hall–Kier alpha value is -2.66. The third-order valence-corrected chi connectivity index (χ3v) is 3.77. The largest absolute Gasteiger partial charge is 0.469 e. The van der Waals surface area contributed by atoms with Crippen molar-refractivity contribution >= 4 is 11.9 Å². The summed E-state index contributed by atoms with van der Waals surface area (Å²) in [6.07, 6.45) is 0.224. The van der Waals surface area contributed by atoms with Crippen molar-refractivity contribution in [3.63, 3.8) is 0 Å². The summed E-state index contributed by atoms with van der Waals surface area (Å²) in [6, 6.07) is 18.0. The first kappa shape index (κ1) is 17.7. The number of nitrogens with one attached hydrogen (secondary N) is 1. The van der Waals surface area contributed by atoms with E-state index in [1.54, 1.807) is 0 Å². The zero-order valence-corrected chi connectivity index (χ0v) is 13.6. The van der Waals surface area contributed by atoms with Crippen molar-refractivity contribution in [3.8, 4) is 0 Å². The summed E-state index contributed by atoms with van der Waals surface area (Å²) in [5, 5.41) is 2.88. The first-order valence-electron chi connectivity index (χ1n) is 7.81. The van der Waals surface area contributed by atoms with Crippen molar-refractivity contribution in [1.29, 1.82) is 0 Å². The maximum absolute atomic E-state index is 12.3. The first-order chi connectivity index (χ1) is 11.6. The summed E-state index contributed by atoms with van der Waals surface area (Å²) < 4.78 is 4.72. The summed E-state index contributed by atoms with van der Waals surface area (Å²) in [4.78, 5) is 24.0. The molecular formula is C19H22N2O3. The van der Waals surface area contributed by atoms with E-state index in [1.165, 1.54) is 7.11 Å². The molecule has 3 N–H and O–H groups in total. The molecule has 2 aromatic rings. The van der Waals surface area contributed by atoms with Crippen LogP contribution >= 0.6 is 0 Å². The number of amides is 1. The Morgan fingerprint density at radius 3 is 2.04 bits per heavy atom. The van der Waals surface area contributed by atoms with Crippen LogP contribution < -0.4 is 11.1 Å². The van der Waals surface area contributed by atoms with Gasteiger partial charge in [0, 0.05) is 12.5 Å². The van der Waals surface area contributed by atoms with Gasteiger partial charge in [0.2, 0.25) is 5.91 Å². The number of nitrogens with two attached hydrogens (primary N) is 1. The predicted octanol–water partition coefficient (Wildman–Crippen LogP) is 2.50. The van der Waals surface area contributed by atoms with Crippen LogP contribution in [0.3, 0.4) is 0 Å². The van der Waals surface area contributed by atoms with E-state index in [1.807, 2.05) is 60.7 Å². The highest BCUT2D eigenvalue weighted by molar-refractivity contribution is 5.78. The fourth-order valence-corrected chi connectivity index (χ4v) is 2.46. The second kappa shape index (κ2) is 8.84. The van der Waals surface area contributed by atoms with Crippen LogP contribution in [0.15, 0.2) is 60.7 Å². The molecule has 0 heterocycles. The molecule has 24 heavy (non-hydrogen) atoms. The van der Waals surface area contributed by atoms with E-state index in [4.69, 9.17) is 10.5 Å². The second-order valence-electron chi connectivity index (χ2n) is 5.53. The molecule has 0 spiro atoms. The van der Waals surface area contributed by atoms with E-state index in [0.29, 0.717) is 0 Å². The third kappa shape index (κ3) is 5.21. The summed E-state index contributed by atoms with van der Waals surface area (Å²) >= 11 is 0. The molecule has 0 aromatic heterocycles. The van der Waals surface area contributed by atoms with Crippen LogP contribution in [-0.4, -0.2) is 19.0 Å². The smallest absolute Gasteiger partial charge is 0.307 e. The number of hydrogen-bond acceptors (Lipinski definition) is 4. The third-order valence-electron chi connectivity index (χ3n) is 3.77. The van der Waals surface area contributed by atoms with Crippen molar-refractivity contribution in [1.82, 2.24) is 5.32 Å². The minimum atomic E-state index is -0.436. The minimum absolute atomic E-state index is 0.0762. The molecule has 0 saturated carbocycles. The maximum Gasteiger partial charge on any atom is 0.307 e. The summed E-state index contributed by atoms with van der Waals surface area (Å²) in [5.41, 5.74) is 7.84. The van der Waals surface area contributed by atoms with Gasteiger partial charge in [-0.15, -0.1) is 0 Å². The number of ether oxygens (including phenoxy) is 1. The molecule has 2 unspecified atom stereocenters. The molecule has 0 fully saturated rings. The van der Waals surface area contributed by atoms with E-state index in [9.17, 15) is 9.59 Å². The van der Waals surface area contributed by atoms with Gasteiger partial charge in [0.1, 0.15) is 0 Å². The molecule has 0 aliphatic heterocycles. The maximum atomic E-state index is 12.3. The van der Waals surface area contributed by atoms with Crippen molar-refractivity contribution in [3.05, 3.63) is 71.8 Å². The van der Waals surface area contributed by atoms with Gasteiger partial charge >= 0.3 is 5.97 Å². The number of methoxy groups -OCH3 is 1. The van der Waals surface area contributed by atoms with Crippen LogP contribution in [0, 0.1) is 0 Å². The van der Waals surface area contributed by atoms with Crippen molar-refractivity contribution < 1.29 is 14.3 Å². The quantitative estimate of drug-likeness (QED) is 0.766. The highest BCUT2D eigenvalue weighted by Crippen LogP contribution is 2.19. The molecule has 0 aliphatic carbocycles. The Kier molecular flexibility index (Phi) is 6.51. The van der Waals surface area contributed by atoms with Crippen LogP contribution in [0.25, 0.3) is 0 Å². The number of hydrogen-bond donors (Lipinski definition) is 2. The Morgan fingerprint density at radius 1 is 0.958 bits per heavy atom. The van der Waals surface area contributed by atoms with Gasteiger partial charge in [-0.25, -0.2) is 0 Å². The molecule has 0 radical (unpaired) electrons. The van der Waals surface area contributed by atoms with Gasteiger partial charge in [-0.1, -0.05) is 60.7 Å². The van der Waals surface area contributed by atoms with Crippen LogP contribution in [0.5, 0.6) is 0 Å². The monoisotopic (exact) mass is 326 g/mol. The van der Waals surface area contributed by atoms with Crippen molar-refractivity contribution in [2.75, 3.05) is 7.11 Å². The van der Waals surface area contributed by atoms with Crippen LogP contribution in [0.1, 0.15) is 36.1 Å². The lowest BCUT2D eigenvalue weighted by atomic mass is 10.0. The van der Waals surface area contributed by atoms with Gasteiger partial charge in [0.25, 0.3) is 0 Å². The van der Waals surface area contributed by atoms with Gasteiger partial charge in [-0.3, -0.25) is 9.59 Å². The average molecular weight is 326 g/mol. The van der Waals surface area contributed by atoms with Crippen molar-refractivity contribution in [2.45, 2.75) is 24.9 Å². The van der Waals surface area contributed by atoms with E-state index >= 15 is 0 Å². The fourth-order valence-electron chi connectivity index (χ4n) is 2.46. The normalized spacial score (nSPS) is 12.9.